The molecule has 0 aliphatic heterocycles. The molecular weight excluding hydrogens is 454 g/mol. The van der Waals surface area contributed by atoms with Gasteiger partial charge < -0.3 is 9.79 Å². The molecule has 0 aliphatic rings. The molecule has 2 atom stereocenters. The molecule has 0 fully saturated rings. The molecule has 31 heavy (non-hydrogen) atoms. The van der Waals surface area contributed by atoms with Crippen molar-refractivity contribution in [3.8, 4) is 0 Å². The van der Waals surface area contributed by atoms with Crippen LogP contribution in [0.4, 0.5) is 0 Å². The monoisotopic (exact) mass is 490 g/mol. The summed E-state index contributed by atoms with van der Waals surface area (Å²) in [5.74, 6) is 4.42. The van der Waals surface area contributed by atoms with Gasteiger partial charge in [0.25, 0.3) is 0 Å². The van der Waals surface area contributed by atoms with Gasteiger partial charge >= 0.3 is 15.6 Å². The Hall–Kier alpha value is -0.520. The molecule has 0 amide bonds. The lowest BCUT2D eigenvalue weighted by atomic mass is 9.87. The summed E-state index contributed by atoms with van der Waals surface area (Å²) in [6.07, 6.45) is 2.27. The maximum atomic E-state index is 12.1. The molecule has 0 heterocycles. The number of carbonyl (C=O) groups excluding carboxylic acids is 2. The number of hydrogen-bond donors (Lipinski definition) is 4. The van der Waals surface area contributed by atoms with Gasteiger partial charge in [0.15, 0.2) is 0 Å². The summed E-state index contributed by atoms with van der Waals surface area (Å²) in [7, 11) is -8.44. The number of phosphoric ester groups is 1. The number of hydrogen-bond acceptors (Lipinski definition) is 9. The molecule has 0 saturated carbocycles. The van der Waals surface area contributed by atoms with Crippen LogP contribution in [0.1, 0.15) is 72.6 Å². The highest BCUT2D eigenvalue weighted by Gasteiger charge is 2.28. The van der Waals surface area contributed by atoms with E-state index in [-0.39, 0.29) is 44.0 Å². The number of rotatable bonds is 18. The van der Waals surface area contributed by atoms with E-state index in [0.29, 0.717) is 25.7 Å². The Balaban J connectivity index is 4.14. The smallest absolute Gasteiger partial charge is 0.313 e. The van der Waals surface area contributed by atoms with Crippen molar-refractivity contribution in [3.63, 3.8) is 0 Å². The van der Waals surface area contributed by atoms with E-state index in [2.05, 4.69) is 15.6 Å². The van der Waals surface area contributed by atoms with E-state index in [4.69, 9.17) is 19.4 Å². The zero-order chi connectivity index (χ0) is 24.3. The second-order valence-electron chi connectivity index (χ2n) is 9.01. The average molecular weight is 490 g/mol. The van der Waals surface area contributed by atoms with Crippen LogP contribution in [0, 0.1) is 10.8 Å². The van der Waals surface area contributed by atoms with Crippen LogP contribution in [0.2, 0.25) is 0 Å². The highest BCUT2D eigenvalue weighted by molar-refractivity contribution is 7.50. The van der Waals surface area contributed by atoms with Gasteiger partial charge in [0.1, 0.15) is 11.6 Å². The number of Topliss-reactive ketones (excluding diaryl/α,β-unsaturated/α-hetero) is 2. The lowest BCUT2D eigenvalue weighted by molar-refractivity contribution is -0.230. The summed E-state index contributed by atoms with van der Waals surface area (Å²) >= 11 is 0. The Morgan fingerprint density at radius 1 is 0.839 bits per heavy atom. The topological polar surface area (TPSA) is 198 Å². The fourth-order valence-corrected chi connectivity index (χ4v) is 3.71. The molecule has 0 aromatic heterocycles. The van der Waals surface area contributed by atoms with Crippen molar-refractivity contribution in [1.82, 2.24) is 0 Å². The van der Waals surface area contributed by atoms with Crippen LogP contribution in [0.25, 0.3) is 0 Å². The first-order chi connectivity index (χ1) is 14.0. The van der Waals surface area contributed by atoms with E-state index in [0.717, 1.165) is 0 Å². The molecule has 0 aromatic rings. The van der Waals surface area contributed by atoms with Gasteiger partial charge in [-0.05, 0) is 30.1 Å². The van der Waals surface area contributed by atoms with Gasteiger partial charge in [-0.1, -0.05) is 27.7 Å². The molecule has 0 spiro atoms. The maximum absolute atomic E-state index is 12.1. The van der Waals surface area contributed by atoms with Crippen LogP contribution in [0.15, 0.2) is 0 Å². The SMILES string of the molecule is CC(C)(CCCC(=O)CCC(=O)CCC(C)(C)COP(=O)(O)OON)COP(N)(=O)O. The predicted molar refractivity (Wildman–Crippen MR) is 112 cm³/mol. The van der Waals surface area contributed by atoms with Crippen molar-refractivity contribution in [2.45, 2.75) is 72.6 Å². The molecular formula is C17H36N2O10P2. The number of nitrogens with two attached hydrogens (primary N) is 2. The Labute approximate surface area is 183 Å². The Morgan fingerprint density at radius 2 is 1.32 bits per heavy atom. The maximum Gasteiger partial charge on any atom is 0.500 e. The summed E-state index contributed by atoms with van der Waals surface area (Å²) in [6.45, 7) is 7.02. The van der Waals surface area contributed by atoms with Crippen molar-refractivity contribution in [1.29, 1.82) is 0 Å². The van der Waals surface area contributed by atoms with Gasteiger partial charge in [0.05, 0.1) is 13.2 Å². The summed E-state index contributed by atoms with van der Waals surface area (Å²) in [5.41, 5.74) is 3.94. The van der Waals surface area contributed by atoms with E-state index < -0.39 is 26.4 Å². The molecule has 2 unspecified atom stereocenters. The normalized spacial score (nSPS) is 16.5. The van der Waals surface area contributed by atoms with Crippen molar-refractivity contribution in [2.75, 3.05) is 13.2 Å². The second kappa shape index (κ2) is 13.3. The quantitative estimate of drug-likeness (QED) is 0.125. The minimum absolute atomic E-state index is 0.000557. The third kappa shape index (κ3) is 17.7. The molecule has 6 N–H and O–H groups in total. The zero-order valence-electron chi connectivity index (χ0n) is 18.6. The van der Waals surface area contributed by atoms with Crippen molar-refractivity contribution in [3.05, 3.63) is 0 Å². The summed E-state index contributed by atoms with van der Waals surface area (Å²) in [5, 5.41) is 0. The van der Waals surface area contributed by atoms with E-state index in [1.165, 1.54) is 0 Å². The van der Waals surface area contributed by atoms with Crippen molar-refractivity contribution < 1.29 is 47.2 Å². The fraction of sp³-hybridized carbons (Fsp3) is 0.882. The Morgan fingerprint density at radius 3 is 1.84 bits per heavy atom. The van der Waals surface area contributed by atoms with Gasteiger partial charge in [-0.15, -0.1) is 9.66 Å². The molecule has 0 bridgehead atoms. The zero-order valence-corrected chi connectivity index (χ0v) is 20.4. The molecule has 184 valence electrons. The third-order valence-corrected chi connectivity index (χ3v) is 5.70. The van der Waals surface area contributed by atoms with Gasteiger partial charge in [0, 0.05) is 25.7 Å². The molecule has 0 radical (unpaired) electrons. The Kier molecular flexibility index (Phi) is 13.0. The molecule has 0 aliphatic carbocycles. The summed E-state index contributed by atoms with van der Waals surface area (Å²) in [4.78, 5) is 46.0. The third-order valence-electron chi connectivity index (χ3n) is 4.47. The van der Waals surface area contributed by atoms with E-state index in [9.17, 15) is 23.6 Å². The molecule has 0 rings (SSSR count). The van der Waals surface area contributed by atoms with Gasteiger partial charge in [-0.2, -0.15) is 5.90 Å². The van der Waals surface area contributed by atoms with Gasteiger partial charge in [0.2, 0.25) is 0 Å². The van der Waals surface area contributed by atoms with Crippen LogP contribution in [0.3, 0.4) is 0 Å². The second-order valence-corrected chi connectivity index (χ2v) is 11.7. The molecule has 0 saturated heterocycles. The largest absolute Gasteiger partial charge is 0.500 e. The van der Waals surface area contributed by atoms with E-state index >= 15 is 0 Å². The summed E-state index contributed by atoms with van der Waals surface area (Å²) < 4.78 is 35.8. The van der Waals surface area contributed by atoms with Crippen LogP contribution in [-0.4, -0.2) is 34.6 Å². The first-order valence-electron chi connectivity index (χ1n) is 9.79. The van der Waals surface area contributed by atoms with Crippen LogP contribution in [-0.2, 0) is 37.4 Å². The lowest BCUT2D eigenvalue weighted by Crippen LogP contribution is -2.21. The number of phosphoric acid groups is 1. The first-order valence-corrected chi connectivity index (χ1v) is 12.9. The fourth-order valence-electron chi connectivity index (χ4n) is 2.51. The predicted octanol–water partition coefficient (Wildman–Crippen LogP) is 2.92. The van der Waals surface area contributed by atoms with Crippen molar-refractivity contribution >= 4 is 27.1 Å². The van der Waals surface area contributed by atoms with Gasteiger partial charge in [-0.25, -0.2) is 14.6 Å². The highest BCUT2D eigenvalue weighted by atomic mass is 31.2. The lowest BCUT2D eigenvalue weighted by Gasteiger charge is -2.24. The number of ketones is 2. The standard InChI is InChI=1S/C17H36N2O10P2/c1-16(2,12-26-30(19,22)23)10-5-6-14(20)7-8-15(21)9-11-17(3,4)13-27-31(24,25)29-28-18/h5-13,18H2,1-4H3,(H,24,25)(H3,19,22,23). The van der Waals surface area contributed by atoms with Crippen molar-refractivity contribution in [2.24, 2.45) is 22.2 Å². The minimum atomic E-state index is -4.42. The molecule has 14 heteroatoms. The number of carbonyl (C=O) groups is 2. The van der Waals surface area contributed by atoms with E-state index in [1.807, 2.05) is 13.8 Å². The molecule has 0 aromatic carbocycles. The summed E-state index contributed by atoms with van der Waals surface area (Å²) in [6, 6.07) is 0. The first kappa shape index (κ1) is 30.5. The minimum Gasteiger partial charge on any atom is -0.313 e. The highest BCUT2D eigenvalue weighted by Crippen LogP contribution is 2.45. The van der Waals surface area contributed by atoms with Gasteiger partial charge in [-0.3, -0.25) is 18.6 Å². The molecule has 12 nitrogen and oxygen atoms in total. The van der Waals surface area contributed by atoms with Crippen LogP contribution in [0.5, 0.6) is 0 Å². The van der Waals surface area contributed by atoms with E-state index in [1.54, 1.807) is 13.8 Å². The van der Waals surface area contributed by atoms with Crippen LogP contribution >= 0.6 is 15.6 Å². The van der Waals surface area contributed by atoms with Crippen LogP contribution < -0.4 is 11.4 Å². The Bertz CT molecular complexity index is 678. The average Bonchev–Trinajstić information content (AvgIpc) is 2.61.